The first-order valence-corrected chi connectivity index (χ1v) is 7.49. The molecule has 0 radical (unpaired) electrons. The van der Waals surface area contributed by atoms with Crippen molar-refractivity contribution in [2.75, 3.05) is 26.2 Å². The van der Waals surface area contributed by atoms with E-state index in [1.807, 2.05) is 0 Å². The summed E-state index contributed by atoms with van der Waals surface area (Å²) in [5, 5.41) is 0. The minimum Gasteiger partial charge on any atom is -0.331 e. The van der Waals surface area contributed by atoms with Gasteiger partial charge in [0, 0.05) is 11.5 Å². The Morgan fingerprint density at radius 3 is 2.42 bits per heavy atom. The summed E-state index contributed by atoms with van der Waals surface area (Å²) >= 11 is 0. The van der Waals surface area contributed by atoms with E-state index in [-0.39, 0.29) is 0 Å². The third kappa shape index (κ3) is 2.98. The number of nitrogens with one attached hydrogen (secondary N) is 1. The average molecular weight is 259 g/mol. The third-order valence-corrected chi connectivity index (χ3v) is 4.53. The van der Waals surface area contributed by atoms with E-state index in [1.165, 1.54) is 12.0 Å². The zero-order valence-corrected chi connectivity index (χ0v) is 11.5. The Bertz CT molecular complexity index is 420. The zero-order chi connectivity index (χ0) is 13.1. The Morgan fingerprint density at radius 2 is 1.84 bits per heavy atom. The summed E-state index contributed by atoms with van der Waals surface area (Å²) in [5.74, 6) is 0.778. The maximum Gasteiger partial charge on any atom is 0.226 e. The van der Waals surface area contributed by atoms with E-state index in [1.54, 1.807) is 4.90 Å². The summed E-state index contributed by atoms with van der Waals surface area (Å²) in [6.07, 6.45) is 3.49. The molecule has 1 amide bonds. The van der Waals surface area contributed by atoms with Gasteiger partial charge in [0.15, 0.2) is 0 Å². The van der Waals surface area contributed by atoms with Gasteiger partial charge in [-0.2, -0.15) is 0 Å². The zero-order valence-electron chi connectivity index (χ0n) is 11.5. The highest BCUT2D eigenvalue weighted by molar-refractivity contribution is 5.79. The van der Waals surface area contributed by atoms with Crippen molar-refractivity contribution in [3.05, 3.63) is 35.9 Å². The van der Waals surface area contributed by atoms with Crippen molar-refractivity contribution in [1.29, 1.82) is 0 Å². The first-order valence-electron chi connectivity index (χ1n) is 7.49. The minimum absolute atomic E-state index is 0.357. The van der Waals surface area contributed by atoms with Crippen LogP contribution in [0.1, 0.15) is 24.8 Å². The van der Waals surface area contributed by atoms with Crippen LogP contribution in [0.3, 0.4) is 0 Å². The fourth-order valence-corrected chi connectivity index (χ4v) is 3.02. The van der Waals surface area contributed by atoms with Crippen LogP contribution < -0.4 is 4.90 Å². The lowest BCUT2D eigenvalue weighted by Gasteiger charge is -2.36. The van der Waals surface area contributed by atoms with Gasteiger partial charge in [-0.05, 0) is 12.8 Å². The summed E-state index contributed by atoms with van der Waals surface area (Å²) in [4.78, 5) is 15.9. The first-order chi connectivity index (χ1) is 9.33. The molecule has 3 heteroatoms. The number of hydrogen-bond donors (Lipinski definition) is 1. The molecule has 2 fully saturated rings. The number of benzene rings is 1. The SMILES string of the molecule is O=C(C1CCC1)N1CC[NH+](Cc2ccccc2)CC1. The maximum atomic E-state index is 12.2. The van der Waals surface area contributed by atoms with Crippen LogP contribution in [0.5, 0.6) is 0 Å². The normalized spacial score (nSPS) is 21.2. The molecule has 1 aliphatic heterocycles. The number of carbonyl (C=O) groups is 1. The summed E-state index contributed by atoms with van der Waals surface area (Å²) in [5.41, 5.74) is 1.40. The second kappa shape index (κ2) is 5.74. The molecule has 1 N–H and O–H groups in total. The largest absolute Gasteiger partial charge is 0.331 e. The Kier molecular flexibility index (Phi) is 3.83. The molecule has 0 aromatic heterocycles. The molecule has 0 bridgehead atoms. The topological polar surface area (TPSA) is 24.8 Å². The van der Waals surface area contributed by atoms with Crippen LogP contribution >= 0.6 is 0 Å². The molecule has 19 heavy (non-hydrogen) atoms. The number of amides is 1. The quantitative estimate of drug-likeness (QED) is 0.850. The van der Waals surface area contributed by atoms with Crippen molar-refractivity contribution >= 4 is 5.91 Å². The van der Waals surface area contributed by atoms with Crippen LogP contribution in [0, 0.1) is 5.92 Å². The second-order valence-corrected chi connectivity index (χ2v) is 5.87. The predicted octanol–water partition coefficient (Wildman–Crippen LogP) is 0.714. The van der Waals surface area contributed by atoms with E-state index in [2.05, 4.69) is 35.2 Å². The fraction of sp³-hybridized carbons (Fsp3) is 0.562. The molecule has 1 saturated heterocycles. The molecule has 1 aromatic carbocycles. The number of nitrogens with zero attached hydrogens (tertiary/aromatic N) is 1. The monoisotopic (exact) mass is 259 g/mol. The van der Waals surface area contributed by atoms with E-state index in [4.69, 9.17) is 0 Å². The van der Waals surface area contributed by atoms with Gasteiger partial charge in [-0.3, -0.25) is 4.79 Å². The standard InChI is InChI=1S/C16H22N2O/c19-16(15-7-4-8-15)18-11-9-17(10-12-18)13-14-5-2-1-3-6-14/h1-3,5-6,15H,4,7-13H2/p+1. The van der Waals surface area contributed by atoms with E-state index < -0.39 is 0 Å². The van der Waals surface area contributed by atoms with Crippen molar-refractivity contribution < 1.29 is 9.69 Å². The van der Waals surface area contributed by atoms with Gasteiger partial charge >= 0.3 is 0 Å². The summed E-state index contributed by atoms with van der Waals surface area (Å²) in [6.45, 7) is 5.15. The molecule has 3 nitrogen and oxygen atoms in total. The number of carbonyl (C=O) groups excluding carboxylic acids is 1. The molecule has 0 spiro atoms. The van der Waals surface area contributed by atoms with Gasteiger partial charge in [0.25, 0.3) is 0 Å². The smallest absolute Gasteiger partial charge is 0.226 e. The number of hydrogen-bond acceptors (Lipinski definition) is 1. The van der Waals surface area contributed by atoms with Gasteiger partial charge in [-0.25, -0.2) is 0 Å². The van der Waals surface area contributed by atoms with Crippen molar-refractivity contribution in [3.8, 4) is 0 Å². The van der Waals surface area contributed by atoms with Crippen molar-refractivity contribution in [2.24, 2.45) is 5.92 Å². The molecule has 2 aliphatic rings. The maximum absolute atomic E-state index is 12.2. The number of quaternary nitrogens is 1. The summed E-state index contributed by atoms with van der Waals surface area (Å²) in [6, 6.07) is 10.7. The van der Waals surface area contributed by atoms with Gasteiger partial charge in [0.1, 0.15) is 6.54 Å². The van der Waals surface area contributed by atoms with Gasteiger partial charge < -0.3 is 9.80 Å². The molecule has 0 unspecified atom stereocenters. The molecular formula is C16H23N2O+. The Labute approximate surface area is 115 Å². The van der Waals surface area contributed by atoms with Crippen LogP contribution in [0.4, 0.5) is 0 Å². The van der Waals surface area contributed by atoms with Crippen molar-refractivity contribution in [1.82, 2.24) is 4.90 Å². The fourth-order valence-electron chi connectivity index (χ4n) is 3.02. The van der Waals surface area contributed by atoms with Crippen LogP contribution in [-0.2, 0) is 11.3 Å². The van der Waals surface area contributed by atoms with Gasteiger partial charge in [-0.1, -0.05) is 36.8 Å². The number of piperazine rings is 1. The molecule has 102 valence electrons. The van der Waals surface area contributed by atoms with E-state index >= 15 is 0 Å². The molecule has 1 saturated carbocycles. The summed E-state index contributed by atoms with van der Waals surface area (Å²) in [7, 11) is 0. The highest BCUT2D eigenvalue weighted by Gasteiger charge is 2.32. The Morgan fingerprint density at radius 1 is 1.16 bits per heavy atom. The highest BCUT2D eigenvalue weighted by Crippen LogP contribution is 2.28. The van der Waals surface area contributed by atoms with Crippen molar-refractivity contribution in [2.45, 2.75) is 25.8 Å². The number of rotatable bonds is 3. The van der Waals surface area contributed by atoms with Crippen LogP contribution in [0.25, 0.3) is 0 Å². The third-order valence-electron chi connectivity index (χ3n) is 4.53. The van der Waals surface area contributed by atoms with Crippen molar-refractivity contribution in [3.63, 3.8) is 0 Å². The van der Waals surface area contributed by atoms with Gasteiger partial charge in [0.2, 0.25) is 5.91 Å². The molecule has 0 atom stereocenters. The van der Waals surface area contributed by atoms with E-state index in [9.17, 15) is 4.79 Å². The lowest BCUT2D eigenvalue weighted by atomic mass is 9.84. The minimum atomic E-state index is 0.357. The van der Waals surface area contributed by atoms with Crippen LogP contribution in [-0.4, -0.2) is 37.0 Å². The molecular weight excluding hydrogens is 236 g/mol. The summed E-state index contributed by atoms with van der Waals surface area (Å²) < 4.78 is 0. The predicted molar refractivity (Wildman–Crippen MR) is 74.8 cm³/mol. The molecule has 1 aliphatic carbocycles. The molecule has 1 aromatic rings. The Balaban J connectivity index is 1.48. The van der Waals surface area contributed by atoms with Crippen LogP contribution in [0.15, 0.2) is 30.3 Å². The average Bonchev–Trinajstić information content (AvgIpc) is 2.39. The van der Waals surface area contributed by atoms with Gasteiger partial charge in [0.05, 0.1) is 26.2 Å². The van der Waals surface area contributed by atoms with E-state index in [0.717, 1.165) is 45.6 Å². The molecule has 1 heterocycles. The van der Waals surface area contributed by atoms with E-state index in [0.29, 0.717) is 11.8 Å². The van der Waals surface area contributed by atoms with Crippen LogP contribution in [0.2, 0.25) is 0 Å². The lowest BCUT2D eigenvalue weighted by Crippen LogP contribution is -3.13. The molecule has 3 rings (SSSR count). The second-order valence-electron chi connectivity index (χ2n) is 5.87. The lowest BCUT2D eigenvalue weighted by molar-refractivity contribution is -0.917. The first kappa shape index (κ1) is 12.7. The van der Waals surface area contributed by atoms with Gasteiger partial charge in [-0.15, -0.1) is 0 Å². The highest BCUT2D eigenvalue weighted by atomic mass is 16.2. The Hall–Kier alpha value is -1.35.